The number of rotatable bonds is 4. The van der Waals surface area contributed by atoms with E-state index in [4.69, 9.17) is 5.11 Å². The summed E-state index contributed by atoms with van der Waals surface area (Å²) in [6, 6.07) is 3.80. The third-order valence-corrected chi connectivity index (χ3v) is 1.82. The standard InChI is InChI=1S/C10H14N2O2/c1-8(13)10(14)12-6-4-9-3-2-5-11-7-9/h2-3,5,7-8,13H,4,6H2,1H3,(H,12,14). The molecule has 0 radical (unpaired) electrons. The fraction of sp³-hybridized carbons (Fsp3) is 0.400. The van der Waals surface area contributed by atoms with Gasteiger partial charge in [0.15, 0.2) is 0 Å². The van der Waals surface area contributed by atoms with Gasteiger partial charge in [0.1, 0.15) is 6.10 Å². The van der Waals surface area contributed by atoms with Gasteiger partial charge >= 0.3 is 0 Å². The lowest BCUT2D eigenvalue weighted by molar-refractivity contribution is -0.128. The molecule has 0 aliphatic heterocycles. The molecule has 1 heterocycles. The van der Waals surface area contributed by atoms with Gasteiger partial charge in [-0.1, -0.05) is 6.07 Å². The molecule has 0 fully saturated rings. The minimum absolute atomic E-state index is 0.339. The number of carbonyl (C=O) groups is 1. The quantitative estimate of drug-likeness (QED) is 0.715. The van der Waals surface area contributed by atoms with Gasteiger partial charge in [-0.05, 0) is 25.0 Å². The van der Waals surface area contributed by atoms with Gasteiger partial charge in [-0.3, -0.25) is 9.78 Å². The lowest BCUT2D eigenvalue weighted by Gasteiger charge is -2.06. The summed E-state index contributed by atoms with van der Waals surface area (Å²) in [7, 11) is 0. The number of nitrogens with zero attached hydrogens (tertiary/aromatic N) is 1. The summed E-state index contributed by atoms with van der Waals surface area (Å²) in [5.41, 5.74) is 1.07. The lowest BCUT2D eigenvalue weighted by atomic mass is 10.2. The van der Waals surface area contributed by atoms with Crippen molar-refractivity contribution in [2.24, 2.45) is 0 Å². The highest BCUT2D eigenvalue weighted by Gasteiger charge is 2.06. The maximum atomic E-state index is 11.0. The van der Waals surface area contributed by atoms with Crippen LogP contribution in [0.15, 0.2) is 24.5 Å². The van der Waals surface area contributed by atoms with Gasteiger partial charge in [0.25, 0.3) is 0 Å². The fourth-order valence-corrected chi connectivity index (χ4v) is 1.02. The zero-order chi connectivity index (χ0) is 10.4. The maximum Gasteiger partial charge on any atom is 0.248 e. The molecule has 76 valence electrons. The molecule has 0 saturated heterocycles. The molecular formula is C10H14N2O2. The molecule has 0 aliphatic carbocycles. The van der Waals surface area contributed by atoms with E-state index in [0.717, 1.165) is 12.0 Å². The van der Waals surface area contributed by atoms with Crippen molar-refractivity contribution in [3.8, 4) is 0 Å². The van der Waals surface area contributed by atoms with Gasteiger partial charge in [-0.2, -0.15) is 0 Å². The normalized spacial score (nSPS) is 12.1. The first-order valence-electron chi connectivity index (χ1n) is 4.55. The summed E-state index contributed by atoms with van der Waals surface area (Å²) < 4.78 is 0. The smallest absolute Gasteiger partial charge is 0.248 e. The van der Waals surface area contributed by atoms with E-state index in [0.29, 0.717) is 6.54 Å². The second-order valence-corrected chi connectivity index (χ2v) is 3.08. The molecule has 0 aliphatic rings. The van der Waals surface area contributed by atoms with Crippen LogP contribution in [-0.4, -0.2) is 28.6 Å². The van der Waals surface area contributed by atoms with E-state index in [1.807, 2.05) is 12.1 Å². The van der Waals surface area contributed by atoms with E-state index in [9.17, 15) is 4.79 Å². The Kier molecular flexibility index (Phi) is 4.07. The van der Waals surface area contributed by atoms with Gasteiger partial charge in [0.2, 0.25) is 5.91 Å². The number of hydrogen-bond donors (Lipinski definition) is 2. The number of aromatic nitrogens is 1. The van der Waals surface area contributed by atoms with Crippen LogP contribution in [0.25, 0.3) is 0 Å². The predicted octanol–water partition coefficient (Wildman–Crippen LogP) is 0.121. The summed E-state index contributed by atoms with van der Waals surface area (Å²) in [4.78, 5) is 14.9. The molecule has 4 heteroatoms. The van der Waals surface area contributed by atoms with Crippen molar-refractivity contribution in [1.29, 1.82) is 0 Å². The maximum absolute atomic E-state index is 11.0. The Morgan fingerprint density at radius 1 is 1.71 bits per heavy atom. The van der Waals surface area contributed by atoms with Gasteiger partial charge in [-0.25, -0.2) is 0 Å². The van der Waals surface area contributed by atoms with Gasteiger partial charge in [0, 0.05) is 18.9 Å². The Hall–Kier alpha value is -1.42. The summed E-state index contributed by atoms with van der Waals surface area (Å²) in [6.45, 7) is 1.97. The molecule has 4 nitrogen and oxygen atoms in total. The van der Waals surface area contributed by atoms with E-state index in [-0.39, 0.29) is 5.91 Å². The molecule has 1 unspecified atom stereocenters. The van der Waals surface area contributed by atoms with Crippen molar-refractivity contribution in [2.75, 3.05) is 6.54 Å². The van der Waals surface area contributed by atoms with E-state index in [2.05, 4.69) is 10.3 Å². The average Bonchev–Trinajstić information content (AvgIpc) is 2.19. The number of hydrogen-bond acceptors (Lipinski definition) is 3. The van der Waals surface area contributed by atoms with Crippen LogP contribution < -0.4 is 5.32 Å². The van der Waals surface area contributed by atoms with Crippen LogP contribution in [0.3, 0.4) is 0 Å². The number of aliphatic hydroxyl groups excluding tert-OH is 1. The summed E-state index contributed by atoms with van der Waals surface area (Å²) >= 11 is 0. The van der Waals surface area contributed by atoms with E-state index >= 15 is 0 Å². The Balaban J connectivity index is 2.26. The second-order valence-electron chi connectivity index (χ2n) is 3.08. The van der Waals surface area contributed by atoms with Crippen LogP contribution in [0.4, 0.5) is 0 Å². The van der Waals surface area contributed by atoms with Gasteiger partial charge in [0.05, 0.1) is 0 Å². The fourth-order valence-electron chi connectivity index (χ4n) is 1.02. The van der Waals surface area contributed by atoms with Crippen LogP contribution in [-0.2, 0) is 11.2 Å². The Labute approximate surface area is 83.0 Å². The Morgan fingerprint density at radius 2 is 2.50 bits per heavy atom. The molecule has 0 saturated carbocycles. The molecule has 1 atom stereocenters. The van der Waals surface area contributed by atoms with Crippen molar-refractivity contribution in [3.63, 3.8) is 0 Å². The van der Waals surface area contributed by atoms with Gasteiger partial charge < -0.3 is 10.4 Å². The summed E-state index contributed by atoms with van der Waals surface area (Å²) in [5, 5.41) is 11.5. The topological polar surface area (TPSA) is 62.2 Å². The third-order valence-electron chi connectivity index (χ3n) is 1.82. The predicted molar refractivity (Wildman–Crippen MR) is 52.6 cm³/mol. The minimum atomic E-state index is -0.941. The largest absolute Gasteiger partial charge is 0.384 e. The molecule has 1 amide bonds. The van der Waals surface area contributed by atoms with Crippen molar-refractivity contribution in [2.45, 2.75) is 19.4 Å². The van der Waals surface area contributed by atoms with E-state index in [1.165, 1.54) is 6.92 Å². The highest BCUT2D eigenvalue weighted by molar-refractivity contribution is 5.79. The average molecular weight is 194 g/mol. The molecule has 1 aromatic heterocycles. The zero-order valence-corrected chi connectivity index (χ0v) is 8.10. The van der Waals surface area contributed by atoms with Gasteiger partial charge in [-0.15, -0.1) is 0 Å². The van der Waals surface area contributed by atoms with Crippen molar-refractivity contribution < 1.29 is 9.90 Å². The van der Waals surface area contributed by atoms with Crippen molar-refractivity contribution >= 4 is 5.91 Å². The van der Waals surface area contributed by atoms with Crippen LogP contribution in [0.1, 0.15) is 12.5 Å². The molecular weight excluding hydrogens is 180 g/mol. The zero-order valence-electron chi connectivity index (χ0n) is 8.10. The van der Waals surface area contributed by atoms with Crippen LogP contribution >= 0.6 is 0 Å². The third kappa shape index (κ3) is 3.53. The molecule has 0 aromatic carbocycles. The molecule has 1 rings (SSSR count). The van der Waals surface area contributed by atoms with Crippen molar-refractivity contribution in [3.05, 3.63) is 30.1 Å². The molecule has 14 heavy (non-hydrogen) atoms. The van der Waals surface area contributed by atoms with E-state index < -0.39 is 6.10 Å². The minimum Gasteiger partial charge on any atom is -0.384 e. The Morgan fingerprint density at radius 3 is 3.07 bits per heavy atom. The highest BCUT2D eigenvalue weighted by atomic mass is 16.3. The van der Waals surface area contributed by atoms with E-state index in [1.54, 1.807) is 12.4 Å². The van der Waals surface area contributed by atoms with Crippen LogP contribution in [0.5, 0.6) is 0 Å². The summed E-state index contributed by atoms with van der Waals surface area (Å²) in [5.74, 6) is -0.339. The number of carbonyl (C=O) groups excluding carboxylic acids is 1. The van der Waals surface area contributed by atoms with Crippen molar-refractivity contribution in [1.82, 2.24) is 10.3 Å². The lowest BCUT2D eigenvalue weighted by Crippen LogP contribution is -2.33. The second kappa shape index (κ2) is 5.34. The highest BCUT2D eigenvalue weighted by Crippen LogP contribution is 1.95. The molecule has 1 aromatic rings. The first-order chi connectivity index (χ1) is 6.70. The first-order valence-corrected chi connectivity index (χ1v) is 4.55. The molecule has 0 spiro atoms. The van der Waals surface area contributed by atoms with Crippen LogP contribution in [0.2, 0.25) is 0 Å². The first kappa shape index (κ1) is 10.7. The number of aliphatic hydroxyl groups is 1. The number of amides is 1. The number of nitrogens with one attached hydrogen (secondary N) is 1. The Bertz CT molecular complexity index is 285. The monoisotopic (exact) mass is 194 g/mol. The SMILES string of the molecule is CC(O)C(=O)NCCc1cccnc1. The van der Waals surface area contributed by atoms with Crippen LogP contribution in [0, 0.1) is 0 Å². The summed E-state index contributed by atoms with van der Waals surface area (Å²) in [6.07, 6.45) is 3.25. The molecule has 2 N–H and O–H groups in total. The number of pyridine rings is 1. The molecule has 0 bridgehead atoms.